The first-order chi connectivity index (χ1) is 9.89. The van der Waals surface area contributed by atoms with Gasteiger partial charge < -0.3 is 5.11 Å². The third-order valence-corrected chi connectivity index (χ3v) is 6.03. The maximum absolute atomic E-state index is 12.8. The van der Waals surface area contributed by atoms with E-state index in [-0.39, 0.29) is 16.3 Å². The standard InChI is InChI=1S/C14H15NO4S2/c1-3-15(11-7-5-4-6-10(11)2)21(18,19)12-8-9-20-13(12)14(16)17/h4-9H,3H2,1-2H3,(H,16,17). The van der Waals surface area contributed by atoms with E-state index < -0.39 is 16.0 Å². The van der Waals surface area contributed by atoms with E-state index in [0.29, 0.717) is 5.69 Å². The normalized spacial score (nSPS) is 11.3. The number of benzene rings is 1. The van der Waals surface area contributed by atoms with Crippen LogP contribution in [0.5, 0.6) is 0 Å². The van der Waals surface area contributed by atoms with E-state index in [0.717, 1.165) is 16.9 Å². The van der Waals surface area contributed by atoms with Crippen LogP contribution < -0.4 is 4.31 Å². The van der Waals surface area contributed by atoms with Crippen molar-refractivity contribution in [3.8, 4) is 0 Å². The summed E-state index contributed by atoms with van der Waals surface area (Å²) in [6, 6.07) is 8.45. The average molecular weight is 325 g/mol. The van der Waals surface area contributed by atoms with Crippen LogP contribution in [0.2, 0.25) is 0 Å². The van der Waals surface area contributed by atoms with E-state index in [4.69, 9.17) is 5.11 Å². The molecule has 0 aliphatic carbocycles. The first kappa shape index (κ1) is 15.5. The molecule has 1 aromatic heterocycles. The number of nitrogens with zero attached hydrogens (tertiary/aromatic N) is 1. The minimum Gasteiger partial charge on any atom is -0.477 e. The Morgan fingerprint density at radius 1 is 1.29 bits per heavy atom. The van der Waals surface area contributed by atoms with Gasteiger partial charge in [0.05, 0.1) is 5.69 Å². The molecule has 1 N–H and O–H groups in total. The first-order valence-electron chi connectivity index (χ1n) is 6.28. The molecule has 0 aliphatic rings. The van der Waals surface area contributed by atoms with Crippen molar-refractivity contribution in [3.05, 3.63) is 46.2 Å². The van der Waals surface area contributed by atoms with Gasteiger partial charge in [-0.15, -0.1) is 11.3 Å². The zero-order chi connectivity index (χ0) is 15.6. The molecule has 0 radical (unpaired) electrons. The van der Waals surface area contributed by atoms with Crippen LogP contribution in [0.25, 0.3) is 0 Å². The minimum atomic E-state index is -3.90. The van der Waals surface area contributed by atoms with E-state index in [2.05, 4.69) is 0 Å². The molecule has 0 fully saturated rings. The van der Waals surface area contributed by atoms with E-state index in [1.165, 1.54) is 15.8 Å². The maximum Gasteiger partial charge on any atom is 0.347 e. The zero-order valence-corrected chi connectivity index (χ0v) is 13.2. The van der Waals surface area contributed by atoms with Crippen molar-refractivity contribution in [2.45, 2.75) is 18.7 Å². The highest BCUT2D eigenvalue weighted by Crippen LogP contribution is 2.30. The number of rotatable bonds is 5. The van der Waals surface area contributed by atoms with E-state index in [9.17, 15) is 13.2 Å². The van der Waals surface area contributed by atoms with Gasteiger partial charge in [-0.2, -0.15) is 0 Å². The van der Waals surface area contributed by atoms with Crippen molar-refractivity contribution in [2.75, 3.05) is 10.8 Å². The quantitative estimate of drug-likeness (QED) is 0.917. The highest BCUT2D eigenvalue weighted by Gasteiger charge is 2.30. The van der Waals surface area contributed by atoms with Gasteiger partial charge >= 0.3 is 5.97 Å². The summed E-state index contributed by atoms with van der Waals surface area (Å²) in [5.74, 6) is -1.23. The Morgan fingerprint density at radius 3 is 2.52 bits per heavy atom. The molecule has 2 rings (SSSR count). The molecule has 7 heteroatoms. The van der Waals surface area contributed by atoms with Gasteiger partial charge in [-0.1, -0.05) is 18.2 Å². The Balaban J connectivity index is 2.58. The molecule has 0 aliphatic heterocycles. The van der Waals surface area contributed by atoms with E-state index in [1.54, 1.807) is 19.1 Å². The van der Waals surface area contributed by atoms with Crippen LogP contribution in [0, 0.1) is 6.92 Å². The summed E-state index contributed by atoms with van der Waals surface area (Å²) in [4.78, 5) is 10.8. The fourth-order valence-corrected chi connectivity index (χ4v) is 4.86. The molecule has 21 heavy (non-hydrogen) atoms. The lowest BCUT2D eigenvalue weighted by molar-refractivity contribution is 0.0698. The topological polar surface area (TPSA) is 74.7 Å². The molecule has 0 saturated heterocycles. The van der Waals surface area contributed by atoms with Gasteiger partial charge in [-0.3, -0.25) is 4.31 Å². The highest BCUT2D eigenvalue weighted by atomic mass is 32.2. The molecule has 0 spiro atoms. The minimum absolute atomic E-state index is 0.162. The van der Waals surface area contributed by atoms with Crippen molar-refractivity contribution in [1.29, 1.82) is 0 Å². The van der Waals surface area contributed by atoms with E-state index >= 15 is 0 Å². The molecule has 0 bridgehead atoms. The molecule has 0 atom stereocenters. The summed E-state index contributed by atoms with van der Waals surface area (Å²) in [7, 11) is -3.90. The fourth-order valence-electron chi connectivity index (χ4n) is 2.09. The Morgan fingerprint density at radius 2 is 1.95 bits per heavy atom. The van der Waals surface area contributed by atoms with Crippen LogP contribution in [-0.4, -0.2) is 26.0 Å². The number of aromatic carboxylic acids is 1. The number of thiophene rings is 1. The number of hydrogen-bond donors (Lipinski definition) is 1. The summed E-state index contributed by atoms with van der Waals surface area (Å²) < 4.78 is 26.8. The molecule has 112 valence electrons. The summed E-state index contributed by atoms with van der Waals surface area (Å²) in [6.07, 6.45) is 0. The number of sulfonamides is 1. The fraction of sp³-hybridized carbons (Fsp3) is 0.214. The van der Waals surface area contributed by atoms with Crippen LogP contribution in [0.4, 0.5) is 5.69 Å². The van der Waals surface area contributed by atoms with Crippen LogP contribution in [0.3, 0.4) is 0 Å². The Bertz CT molecular complexity index is 765. The van der Waals surface area contributed by atoms with Crippen molar-refractivity contribution >= 4 is 33.0 Å². The molecule has 0 amide bonds. The number of carboxylic acids is 1. The maximum atomic E-state index is 12.8. The van der Waals surface area contributed by atoms with Crippen molar-refractivity contribution in [2.24, 2.45) is 0 Å². The number of carbonyl (C=O) groups is 1. The van der Waals surface area contributed by atoms with Crippen LogP contribution in [0.15, 0.2) is 40.6 Å². The monoisotopic (exact) mass is 325 g/mol. The summed E-state index contributed by atoms with van der Waals surface area (Å²) in [5.41, 5.74) is 1.37. The predicted molar refractivity (Wildman–Crippen MR) is 82.7 cm³/mol. The lowest BCUT2D eigenvalue weighted by atomic mass is 10.2. The van der Waals surface area contributed by atoms with Crippen molar-refractivity contribution < 1.29 is 18.3 Å². The molecular weight excluding hydrogens is 310 g/mol. The highest BCUT2D eigenvalue weighted by molar-refractivity contribution is 7.93. The number of carboxylic acid groups (broad SMARTS) is 1. The van der Waals surface area contributed by atoms with Crippen molar-refractivity contribution in [3.63, 3.8) is 0 Å². The van der Waals surface area contributed by atoms with Crippen LogP contribution >= 0.6 is 11.3 Å². The SMILES string of the molecule is CCN(c1ccccc1C)S(=O)(=O)c1ccsc1C(=O)O. The Labute approximate surface area is 127 Å². The Hall–Kier alpha value is -1.86. The lowest BCUT2D eigenvalue weighted by Gasteiger charge is -2.24. The number of para-hydroxylation sites is 1. The molecule has 1 aromatic carbocycles. The average Bonchev–Trinajstić information content (AvgIpc) is 2.91. The van der Waals surface area contributed by atoms with Gasteiger partial charge in [0.1, 0.15) is 9.77 Å². The van der Waals surface area contributed by atoms with Gasteiger partial charge in [0.15, 0.2) is 0 Å². The van der Waals surface area contributed by atoms with Crippen LogP contribution in [-0.2, 0) is 10.0 Å². The van der Waals surface area contributed by atoms with Crippen LogP contribution in [0.1, 0.15) is 22.2 Å². The first-order valence-corrected chi connectivity index (χ1v) is 8.60. The van der Waals surface area contributed by atoms with Gasteiger partial charge in [0.2, 0.25) is 0 Å². The molecule has 5 nitrogen and oxygen atoms in total. The predicted octanol–water partition coefficient (Wildman–Crippen LogP) is 2.97. The third kappa shape index (κ3) is 2.79. The zero-order valence-electron chi connectivity index (χ0n) is 11.6. The smallest absolute Gasteiger partial charge is 0.347 e. The second kappa shape index (κ2) is 5.87. The third-order valence-electron chi connectivity index (χ3n) is 3.06. The van der Waals surface area contributed by atoms with Gasteiger partial charge in [-0.05, 0) is 36.9 Å². The van der Waals surface area contributed by atoms with Gasteiger partial charge in [0.25, 0.3) is 10.0 Å². The Kier molecular flexibility index (Phi) is 4.34. The second-order valence-electron chi connectivity index (χ2n) is 4.38. The summed E-state index contributed by atoms with van der Waals surface area (Å²) in [5, 5.41) is 10.6. The largest absolute Gasteiger partial charge is 0.477 e. The summed E-state index contributed by atoms with van der Waals surface area (Å²) >= 11 is 0.906. The number of hydrogen-bond acceptors (Lipinski definition) is 4. The van der Waals surface area contributed by atoms with Gasteiger partial charge in [0, 0.05) is 6.54 Å². The molecule has 0 unspecified atom stereocenters. The second-order valence-corrected chi connectivity index (χ2v) is 7.12. The van der Waals surface area contributed by atoms with E-state index in [1.807, 2.05) is 19.1 Å². The molecular formula is C14H15NO4S2. The summed E-state index contributed by atoms with van der Waals surface area (Å²) in [6.45, 7) is 3.76. The number of aryl methyl sites for hydroxylation is 1. The number of anilines is 1. The van der Waals surface area contributed by atoms with Crippen molar-refractivity contribution in [1.82, 2.24) is 0 Å². The molecule has 1 heterocycles. The lowest BCUT2D eigenvalue weighted by Crippen LogP contribution is -2.32. The molecule has 0 saturated carbocycles. The van der Waals surface area contributed by atoms with Gasteiger partial charge in [-0.25, -0.2) is 13.2 Å². The molecule has 2 aromatic rings.